The Morgan fingerprint density at radius 1 is 1.27 bits per heavy atom. The van der Waals surface area contributed by atoms with Crippen molar-refractivity contribution in [2.24, 2.45) is 0 Å². The first-order valence-corrected chi connectivity index (χ1v) is 8.22. The lowest BCUT2D eigenvalue weighted by atomic mass is 10.4. The molecule has 0 aliphatic carbocycles. The maximum Gasteiger partial charge on any atom is 0.239 e. The highest BCUT2D eigenvalue weighted by atomic mass is 32.2. The Hall–Kier alpha value is -1.38. The second-order valence-corrected chi connectivity index (χ2v) is 6.36. The van der Waals surface area contributed by atoms with Gasteiger partial charge in [0.1, 0.15) is 5.82 Å². The molecule has 0 aliphatic heterocycles. The highest BCUT2D eigenvalue weighted by Gasteiger charge is 2.03. The number of thiocarbonyl (C=S) groups is 1. The maximum absolute atomic E-state index is 12.7. The van der Waals surface area contributed by atoms with Crippen molar-refractivity contribution in [2.75, 3.05) is 32.9 Å². The number of carbonyl (C=O) groups is 1. The molecule has 0 saturated carbocycles. The van der Waals surface area contributed by atoms with Crippen molar-refractivity contribution < 1.29 is 9.18 Å². The van der Waals surface area contributed by atoms with Crippen molar-refractivity contribution in [1.29, 1.82) is 0 Å². The molecule has 0 spiro atoms. The molecule has 0 unspecified atom stereocenters. The maximum atomic E-state index is 12.7. The van der Waals surface area contributed by atoms with Gasteiger partial charge in [0.25, 0.3) is 0 Å². The molecule has 1 aromatic carbocycles. The van der Waals surface area contributed by atoms with Gasteiger partial charge in [0.15, 0.2) is 5.11 Å². The van der Waals surface area contributed by atoms with Crippen LogP contribution in [0.15, 0.2) is 29.2 Å². The van der Waals surface area contributed by atoms with Crippen molar-refractivity contribution in [3.63, 3.8) is 0 Å². The molecule has 0 saturated heterocycles. The number of rotatable bonds is 7. The Balaban J connectivity index is 2.10. The fraction of sp³-hybridized carbons (Fsp3) is 0.429. The SMILES string of the molecule is CN(C)CCNC(=S)NNC(=O)CCSc1ccc(F)cc1. The minimum absolute atomic E-state index is 0.147. The van der Waals surface area contributed by atoms with E-state index in [0.717, 1.165) is 11.4 Å². The van der Waals surface area contributed by atoms with Gasteiger partial charge in [0.2, 0.25) is 5.91 Å². The van der Waals surface area contributed by atoms with Crippen molar-refractivity contribution in [1.82, 2.24) is 21.1 Å². The molecular weight excluding hydrogens is 323 g/mol. The number of hydrogen-bond donors (Lipinski definition) is 3. The molecule has 0 bridgehead atoms. The van der Waals surface area contributed by atoms with Crippen LogP contribution in [0.4, 0.5) is 4.39 Å². The quantitative estimate of drug-likeness (QED) is 0.395. The number of likely N-dealkylation sites (N-methyl/N-ethyl adjacent to an activating group) is 1. The monoisotopic (exact) mass is 344 g/mol. The lowest BCUT2D eigenvalue weighted by Crippen LogP contribution is -2.48. The summed E-state index contributed by atoms with van der Waals surface area (Å²) in [4.78, 5) is 14.6. The van der Waals surface area contributed by atoms with E-state index in [1.165, 1.54) is 23.9 Å². The predicted octanol–water partition coefficient (Wildman–Crippen LogP) is 1.36. The molecule has 0 aromatic heterocycles. The van der Waals surface area contributed by atoms with Crippen LogP contribution in [0.1, 0.15) is 6.42 Å². The van der Waals surface area contributed by atoms with Crippen LogP contribution < -0.4 is 16.2 Å². The van der Waals surface area contributed by atoms with E-state index in [9.17, 15) is 9.18 Å². The van der Waals surface area contributed by atoms with Gasteiger partial charge in [0.05, 0.1) is 0 Å². The average molecular weight is 344 g/mol. The van der Waals surface area contributed by atoms with Crippen LogP contribution in [0.25, 0.3) is 0 Å². The zero-order chi connectivity index (χ0) is 16.4. The molecule has 3 N–H and O–H groups in total. The summed E-state index contributed by atoms with van der Waals surface area (Å²) in [5.74, 6) is 0.202. The second kappa shape index (κ2) is 10.4. The van der Waals surface area contributed by atoms with E-state index in [1.54, 1.807) is 12.1 Å². The first-order chi connectivity index (χ1) is 10.5. The summed E-state index contributed by atoms with van der Waals surface area (Å²) in [5, 5.41) is 3.37. The molecule has 0 fully saturated rings. The van der Waals surface area contributed by atoms with Crippen LogP contribution in [0, 0.1) is 5.82 Å². The van der Waals surface area contributed by atoms with E-state index in [-0.39, 0.29) is 11.7 Å². The van der Waals surface area contributed by atoms with Crippen LogP contribution in [0.5, 0.6) is 0 Å². The number of benzene rings is 1. The molecule has 8 heteroatoms. The highest BCUT2D eigenvalue weighted by molar-refractivity contribution is 7.99. The van der Waals surface area contributed by atoms with E-state index in [0.29, 0.717) is 23.8 Å². The summed E-state index contributed by atoms with van der Waals surface area (Å²) in [6.45, 7) is 1.55. The van der Waals surface area contributed by atoms with Crippen LogP contribution in [-0.2, 0) is 4.79 Å². The Morgan fingerprint density at radius 3 is 2.59 bits per heavy atom. The van der Waals surface area contributed by atoms with E-state index < -0.39 is 0 Å². The summed E-state index contributed by atoms with van der Waals surface area (Å²) >= 11 is 6.53. The van der Waals surface area contributed by atoms with Gasteiger partial charge in [-0.2, -0.15) is 0 Å². The zero-order valence-corrected chi connectivity index (χ0v) is 14.3. The van der Waals surface area contributed by atoms with Crippen LogP contribution in [0.3, 0.4) is 0 Å². The van der Waals surface area contributed by atoms with E-state index in [2.05, 4.69) is 16.2 Å². The third-order valence-electron chi connectivity index (χ3n) is 2.57. The van der Waals surface area contributed by atoms with Crippen molar-refractivity contribution in [3.8, 4) is 0 Å². The lowest BCUT2D eigenvalue weighted by molar-refractivity contribution is -0.121. The number of halogens is 1. The zero-order valence-electron chi connectivity index (χ0n) is 12.7. The first-order valence-electron chi connectivity index (χ1n) is 6.83. The Morgan fingerprint density at radius 2 is 1.95 bits per heavy atom. The van der Waals surface area contributed by atoms with E-state index >= 15 is 0 Å². The Kier molecular flexibility index (Phi) is 8.79. The largest absolute Gasteiger partial charge is 0.360 e. The molecule has 0 heterocycles. The van der Waals surface area contributed by atoms with Gasteiger partial charge in [-0.1, -0.05) is 0 Å². The number of amides is 1. The van der Waals surface area contributed by atoms with Crippen molar-refractivity contribution >= 4 is 35.0 Å². The highest BCUT2D eigenvalue weighted by Crippen LogP contribution is 2.18. The minimum atomic E-state index is -0.262. The van der Waals surface area contributed by atoms with Gasteiger partial charge in [0, 0.05) is 30.2 Å². The standard InChI is InChI=1S/C14H21FN4OS2/c1-19(2)9-8-16-14(21)18-17-13(20)7-10-22-12-5-3-11(15)4-6-12/h3-6H,7-10H2,1-2H3,(H,17,20)(H2,16,18,21). The van der Waals surface area contributed by atoms with Gasteiger partial charge in [-0.25, -0.2) is 4.39 Å². The summed E-state index contributed by atoms with van der Waals surface area (Å²) in [6, 6.07) is 6.20. The number of hydrazine groups is 1. The number of carbonyl (C=O) groups excluding carboxylic acids is 1. The molecule has 1 aromatic rings. The topological polar surface area (TPSA) is 56.4 Å². The molecule has 22 heavy (non-hydrogen) atoms. The number of thioether (sulfide) groups is 1. The number of nitrogens with zero attached hydrogens (tertiary/aromatic N) is 1. The molecule has 1 amide bonds. The van der Waals surface area contributed by atoms with Crippen LogP contribution in [-0.4, -0.2) is 48.9 Å². The smallest absolute Gasteiger partial charge is 0.239 e. The van der Waals surface area contributed by atoms with Crippen LogP contribution in [0.2, 0.25) is 0 Å². The fourth-order valence-corrected chi connectivity index (χ4v) is 2.42. The fourth-order valence-electron chi connectivity index (χ4n) is 1.42. The van der Waals surface area contributed by atoms with E-state index in [4.69, 9.17) is 12.2 Å². The molecule has 0 radical (unpaired) electrons. The molecule has 122 valence electrons. The average Bonchev–Trinajstić information content (AvgIpc) is 2.47. The second-order valence-electron chi connectivity index (χ2n) is 4.78. The van der Waals surface area contributed by atoms with Gasteiger partial charge in [-0.3, -0.25) is 15.6 Å². The summed E-state index contributed by atoms with van der Waals surface area (Å²) < 4.78 is 12.7. The van der Waals surface area contributed by atoms with Gasteiger partial charge >= 0.3 is 0 Å². The van der Waals surface area contributed by atoms with Gasteiger partial charge in [-0.05, 0) is 50.6 Å². The Labute approximate surface area is 140 Å². The summed E-state index contributed by atoms with van der Waals surface area (Å²) in [6.07, 6.45) is 0.343. The first kappa shape index (κ1) is 18.7. The van der Waals surface area contributed by atoms with Gasteiger partial charge in [-0.15, -0.1) is 11.8 Å². The Bertz CT molecular complexity index is 482. The predicted molar refractivity (Wildman–Crippen MR) is 92.2 cm³/mol. The molecule has 0 atom stereocenters. The lowest BCUT2D eigenvalue weighted by Gasteiger charge is -2.13. The summed E-state index contributed by atoms with van der Waals surface area (Å²) in [5.41, 5.74) is 5.19. The molecule has 1 rings (SSSR count). The number of hydrogen-bond acceptors (Lipinski definition) is 4. The van der Waals surface area contributed by atoms with Crippen molar-refractivity contribution in [2.45, 2.75) is 11.3 Å². The van der Waals surface area contributed by atoms with Crippen LogP contribution >= 0.6 is 24.0 Å². The summed E-state index contributed by atoms with van der Waals surface area (Å²) in [7, 11) is 3.94. The van der Waals surface area contributed by atoms with Crippen molar-refractivity contribution in [3.05, 3.63) is 30.1 Å². The molecular formula is C14H21FN4OS2. The third kappa shape index (κ3) is 8.81. The van der Waals surface area contributed by atoms with Gasteiger partial charge < -0.3 is 10.2 Å². The molecule has 0 aliphatic rings. The normalized spacial score (nSPS) is 10.4. The van der Waals surface area contributed by atoms with E-state index in [1.807, 2.05) is 19.0 Å². The minimum Gasteiger partial charge on any atom is -0.360 e. The molecule has 5 nitrogen and oxygen atoms in total. The number of nitrogens with one attached hydrogen (secondary N) is 3. The third-order valence-corrected chi connectivity index (χ3v) is 3.83.